The number of pyridine rings is 2. The topological polar surface area (TPSA) is 95.2 Å². The number of allylic oxidation sites excluding steroid dienone is 3. The summed E-state index contributed by atoms with van der Waals surface area (Å²) in [5.41, 5.74) is 7.59. The van der Waals surface area contributed by atoms with Gasteiger partial charge >= 0.3 is 0 Å². The molecule has 1 fully saturated rings. The molecule has 202 valence electrons. The highest BCUT2D eigenvalue weighted by atomic mass is 32.1. The maximum atomic E-state index is 4.86. The van der Waals surface area contributed by atoms with Crippen LogP contribution in [0.1, 0.15) is 51.0 Å². The van der Waals surface area contributed by atoms with E-state index in [0.29, 0.717) is 11.5 Å². The van der Waals surface area contributed by atoms with Crippen LogP contribution in [-0.2, 0) is 0 Å². The minimum absolute atomic E-state index is 0.666. The van der Waals surface area contributed by atoms with Crippen molar-refractivity contribution in [2.45, 2.75) is 45.4 Å². The monoisotopic (exact) mass is 547 g/mol. The molecule has 6 rings (SSSR count). The Morgan fingerprint density at radius 1 is 1.15 bits per heavy atom. The van der Waals surface area contributed by atoms with E-state index >= 15 is 0 Å². The SMILES string of the molecule is C=C(CC1CCCCC1)Nc1cncc(/C(C)=C/C=c2/[nH]nc(-c3nc4c(-c5cccs5)cncc4[nH]3)c2=C)c1. The third-order valence-electron chi connectivity index (χ3n) is 7.58. The first-order chi connectivity index (χ1) is 19.5. The molecule has 0 unspecified atom stereocenters. The lowest BCUT2D eigenvalue weighted by atomic mass is 9.86. The zero-order chi connectivity index (χ0) is 27.5. The van der Waals surface area contributed by atoms with Crippen LogP contribution in [0, 0.1) is 5.92 Å². The summed E-state index contributed by atoms with van der Waals surface area (Å²) in [7, 11) is 0. The Labute approximate surface area is 237 Å². The van der Waals surface area contributed by atoms with Gasteiger partial charge in [-0.1, -0.05) is 57.4 Å². The van der Waals surface area contributed by atoms with Crippen molar-refractivity contribution in [1.82, 2.24) is 30.1 Å². The summed E-state index contributed by atoms with van der Waals surface area (Å²) in [4.78, 5) is 18.2. The molecule has 1 aliphatic rings. The Kier molecular flexibility index (Phi) is 7.42. The standard InChI is InChI=1S/C32H33N7S/c1-20(24-15-25(17-33-16-24)35-21(2)14-23-8-5-4-6-9-23)11-12-27-22(3)30(39-38-27)32-36-28-19-34-18-26(31(28)37-32)29-10-7-13-40-29/h7,10-13,15-19,23,35,38H,2-6,8-9,14H2,1H3,(H,36,37)/b20-11+,27-12+. The highest BCUT2D eigenvalue weighted by Gasteiger charge is 2.15. The Hall–Kier alpha value is -4.30. The summed E-state index contributed by atoms with van der Waals surface area (Å²) in [6.07, 6.45) is 19.1. The number of hydrogen-bond donors (Lipinski definition) is 3. The highest BCUT2D eigenvalue weighted by molar-refractivity contribution is 7.13. The number of nitrogens with one attached hydrogen (secondary N) is 3. The fraction of sp³-hybridized carbons (Fsp3) is 0.250. The van der Waals surface area contributed by atoms with Crippen molar-refractivity contribution >= 4 is 46.3 Å². The second-order valence-electron chi connectivity index (χ2n) is 10.5. The molecule has 0 spiro atoms. The van der Waals surface area contributed by atoms with E-state index in [-0.39, 0.29) is 0 Å². The molecule has 0 bridgehead atoms. The number of imidazole rings is 1. The molecule has 1 saturated carbocycles. The van der Waals surface area contributed by atoms with Crippen LogP contribution in [0.15, 0.2) is 66.7 Å². The van der Waals surface area contributed by atoms with Gasteiger partial charge in [0.25, 0.3) is 0 Å². The normalized spacial score (nSPS) is 15.1. The van der Waals surface area contributed by atoms with Crippen molar-refractivity contribution in [3.63, 3.8) is 0 Å². The fourth-order valence-corrected chi connectivity index (χ4v) is 6.13. The number of thiophene rings is 1. The molecule has 40 heavy (non-hydrogen) atoms. The van der Waals surface area contributed by atoms with Gasteiger partial charge in [-0.2, -0.15) is 5.10 Å². The van der Waals surface area contributed by atoms with Crippen LogP contribution in [0.3, 0.4) is 0 Å². The van der Waals surface area contributed by atoms with Crippen molar-refractivity contribution in [1.29, 1.82) is 0 Å². The molecule has 7 nitrogen and oxygen atoms in total. The van der Waals surface area contributed by atoms with Crippen LogP contribution in [0.4, 0.5) is 5.69 Å². The van der Waals surface area contributed by atoms with E-state index in [1.54, 1.807) is 17.5 Å². The van der Waals surface area contributed by atoms with E-state index in [1.165, 1.54) is 32.1 Å². The lowest BCUT2D eigenvalue weighted by Crippen LogP contribution is -2.21. The first-order valence-corrected chi connectivity index (χ1v) is 14.6. The first kappa shape index (κ1) is 26.0. The molecule has 0 aromatic carbocycles. The quantitative estimate of drug-likeness (QED) is 0.202. The van der Waals surface area contributed by atoms with Crippen LogP contribution in [0.2, 0.25) is 0 Å². The van der Waals surface area contributed by atoms with Crippen molar-refractivity contribution in [2.75, 3.05) is 5.32 Å². The van der Waals surface area contributed by atoms with Crippen LogP contribution < -0.4 is 15.9 Å². The van der Waals surface area contributed by atoms with E-state index in [1.807, 2.05) is 30.7 Å². The van der Waals surface area contributed by atoms with Crippen LogP contribution >= 0.6 is 11.3 Å². The molecule has 1 aliphatic carbocycles. The van der Waals surface area contributed by atoms with E-state index in [0.717, 1.165) is 66.9 Å². The van der Waals surface area contributed by atoms with Crippen molar-refractivity contribution in [3.8, 4) is 22.0 Å². The number of fused-ring (bicyclic) bond motifs is 1. The van der Waals surface area contributed by atoms with Crippen molar-refractivity contribution in [2.24, 2.45) is 5.92 Å². The number of nitrogens with zero attached hydrogens (tertiary/aromatic N) is 4. The summed E-state index contributed by atoms with van der Waals surface area (Å²) in [6, 6.07) is 6.23. The number of aromatic nitrogens is 6. The van der Waals surface area contributed by atoms with Gasteiger partial charge in [-0.3, -0.25) is 15.1 Å². The number of rotatable bonds is 8. The summed E-state index contributed by atoms with van der Waals surface area (Å²) in [5.74, 6) is 1.41. The predicted octanol–water partition coefficient (Wildman–Crippen LogP) is 6.66. The van der Waals surface area contributed by atoms with Crippen molar-refractivity contribution in [3.05, 3.63) is 82.8 Å². The Bertz CT molecular complexity index is 1790. The average molecular weight is 548 g/mol. The zero-order valence-corrected chi connectivity index (χ0v) is 23.5. The van der Waals surface area contributed by atoms with Crippen molar-refractivity contribution < 1.29 is 0 Å². The van der Waals surface area contributed by atoms with E-state index in [2.05, 4.69) is 74.1 Å². The average Bonchev–Trinajstić information content (AvgIpc) is 3.72. The highest BCUT2D eigenvalue weighted by Crippen LogP contribution is 2.31. The Morgan fingerprint density at radius 3 is 2.83 bits per heavy atom. The zero-order valence-electron chi connectivity index (χ0n) is 22.7. The predicted molar refractivity (Wildman–Crippen MR) is 166 cm³/mol. The third-order valence-corrected chi connectivity index (χ3v) is 8.48. The second kappa shape index (κ2) is 11.4. The molecule has 0 radical (unpaired) electrons. The molecule has 5 heterocycles. The van der Waals surface area contributed by atoms with Gasteiger partial charge in [-0.05, 0) is 54.0 Å². The van der Waals surface area contributed by atoms with E-state index in [9.17, 15) is 0 Å². The summed E-state index contributed by atoms with van der Waals surface area (Å²) in [5, 5.41) is 14.8. The van der Waals surface area contributed by atoms with Gasteiger partial charge in [0.2, 0.25) is 0 Å². The molecule has 5 aromatic heterocycles. The smallest absolute Gasteiger partial charge is 0.159 e. The van der Waals surface area contributed by atoms with Gasteiger partial charge in [0, 0.05) is 33.7 Å². The van der Waals surface area contributed by atoms with Gasteiger partial charge in [0.1, 0.15) is 11.2 Å². The lowest BCUT2D eigenvalue weighted by Gasteiger charge is -2.22. The van der Waals surface area contributed by atoms with Gasteiger partial charge in [-0.15, -0.1) is 11.3 Å². The molecule has 0 amide bonds. The first-order valence-electron chi connectivity index (χ1n) is 13.8. The number of anilines is 1. The minimum Gasteiger partial charge on any atom is -0.358 e. The Balaban J connectivity index is 1.21. The summed E-state index contributed by atoms with van der Waals surface area (Å²) < 4.78 is 0. The lowest BCUT2D eigenvalue weighted by molar-refractivity contribution is 0.357. The maximum absolute atomic E-state index is 4.86. The second-order valence-corrected chi connectivity index (χ2v) is 11.5. The number of aromatic amines is 2. The summed E-state index contributed by atoms with van der Waals surface area (Å²) >= 11 is 1.67. The molecule has 5 aromatic rings. The number of H-pyrrole nitrogens is 2. The van der Waals surface area contributed by atoms with Gasteiger partial charge in [-0.25, -0.2) is 4.98 Å². The van der Waals surface area contributed by atoms with Crippen LogP contribution in [0.25, 0.3) is 51.2 Å². The number of hydrogen-bond acceptors (Lipinski definition) is 6. The Morgan fingerprint density at radius 2 is 2.00 bits per heavy atom. The van der Waals surface area contributed by atoms with Gasteiger partial charge in [0.05, 0.1) is 28.9 Å². The molecule has 3 N–H and O–H groups in total. The van der Waals surface area contributed by atoms with Gasteiger partial charge in [0.15, 0.2) is 5.82 Å². The molecule has 0 saturated heterocycles. The molecule has 8 heteroatoms. The molecular formula is C32H33N7S. The van der Waals surface area contributed by atoms with E-state index in [4.69, 9.17) is 4.98 Å². The van der Waals surface area contributed by atoms with Gasteiger partial charge < -0.3 is 10.3 Å². The molecular weight excluding hydrogens is 514 g/mol. The third kappa shape index (κ3) is 5.53. The molecule has 0 aliphatic heterocycles. The maximum Gasteiger partial charge on any atom is 0.159 e. The van der Waals surface area contributed by atoms with Crippen LogP contribution in [0.5, 0.6) is 0 Å². The fourth-order valence-electron chi connectivity index (χ4n) is 5.39. The van der Waals surface area contributed by atoms with Crippen LogP contribution in [-0.4, -0.2) is 30.1 Å². The largest absolute Gasteiger partial charge is 0.358 e. The van der Waals surface area contributed by atoms with E-state index < -0.39 is 0 Å². The molecule has 0 atom stereocenters. The minimum atomic E-state index is 0.666. The summed E-state index contributed by atoms with van der Waals surface area (Å²) in [6.45, 7) is 10.6.